The van der Waals surface area contributed by atoms with E-state index in [1.54, 1.807) is 12.1 Å². The highest BCUT2D eigenvalue weighted by Crippen LogP contribution is 2.40. The third kappa shape index (κ3) is 3.02. The van der Waals surface area contributed by atoms with Crippen LogP contribution in [0.4, 0.5) is 4.79 Å². The maximum absolute atomic E-state index is 13.2. The van der Waals surface area contributed by atoms with Crippen molar-refractivity contribution in [3.05, 3.63) is 29.8 Å². The average Bonchev–Trinajstić information content (AvgIpc) is 2.91. The lowest BCUT2D eigenvalue weighted by atomic mass is 9.78. The monoisotopic (exact) mass is 385 g/mol. The second-order valence-electron chi connectivity index (χ2n) is 8.26. The number of fused-ring (bicyclic) bond motifs is 2. The van der Waals surface area contributed by atoms with Gasteiger partial charge in [0.1, 0.15) is 12.3 Å². The molecule has 4 amide bonds. The summed E-state index contributed by atoms with van der Waals surface area (Å²) in [5.41, 5.74) is -0.490. The topological polar surface area (TPSA) is 87.7 Å². The number of hydrogen-bond donors (Lipinski definition) is 2. The first-order valence-electron chi connectivity index (χ1n) is 10.1. The van der Waals surface area contributed by atoms with E-state index in [2.05, 4.69) is 24.5 Å². The predicted octanol–water partition coefficient (Wildman–Crippen LogP) is 2.16. The van der Waals surface area contributed by atoms with Crippen LogP contribution in [0.5, 0.6) is 5.75 Å². The molecule has 1 saturated carbocycles. The van der Waals surface area contributed by atoms with Gasteiger partial charge in [-0.05, 0) is 24.3 Å². The van der Waals surface area contributed by atoms with Crippen LogP contribution < -0.4 is 15.4 Å². The number of benzene rings is 1. The molecule has 1 aromatic rings. The zero-order chi connectivity index (χ0) is 19.9. The van der Waals surface area contributed by atoms with E-state index in [-0.39, 0.29) is 24.4 Å². The van der Waals surface area contributed by atoms with Crippen LogP contribution in [0.25, 0.3) is 0 Å². The molecule has 1 saturated heterocycles. The zero-order valence-electron chi connectivity index (χ0n) is 16.4. The molecule has 4 rings (SSSR count). The molecule has 0 bridgehead atoms. The number of carbonyl (C=O) groups excluding carboxylic acids is 3. The second-order valence-corrected chi connectivity index (χ2v) is 8.26. The second kappa shape index (κ2) is 7.11. The van der Waals surface area contributed by atoms with Crippen LogP contribution in [0.2, 0.25) is 0 Å². The Morgan fingerprint density at radius 2 is 2.07 bits per heavy atom. The molecule has 2 N–H and O–H groups in total. The minimum Gasteiger partial charge on any atom is -0.493 e. The number of rotatable bonds is 3. The first-order valence-corrected chi connectivity index (χ1v) is 10.1. The van der Waals surface area contributed by atoms with Crippen LogP contribution in [0.1, 0.15) is 45.1 Å². The maximum Gasteiger partial charge on any atom is 0.325 e. The van der Waals surface area contributed by atoms with Crippen molar-refractivity contribution in [1.29, 1.82) is 0 Å². The Kier molecular flexibility index (Phi) is 4.77. The number of hydrogen-bond acceptors (Lipinski definition) is 4. The molecule has 4 atom stereocenters. The first kappa shape index (κ1) is 18.8. The number of imide groups is 1. The molecule has 0 unspecified atom stereocenters. The number of para-hydroxylation sites is 1. The molecule has 150 valence electrons. The van der Waals surface area contributed by atoms with Gasteiger partial charge in [-0.2, -0.15) is 0 Å². The number of ether oxygens (including phenoxy) is 1. The standard InChI is InChI=1S/C21H27N3O4/c1-13-6-5-8-16(14(13)2)22-18(25)12-24-19(26)21(23-20(24)27)10-11-28-17-9-4-3-7-15(17)21/h3-4,7,9,13-14,16H,5-6,8,10-12H2,1-2H3,(H,22,25)(H,23,27)/t13-,14+,16+,21+/m0/s1. The summed E-state index contributed by atoms with van der Waals surface area (Å²) < 4.78 is 5.63. The van der Waals surface area contributed by atoms with Crippen molar-refractivity contribution < 1.29 is 19.1 Å². The number of carbonyl (C=O) groups is 3. The minimum atomic E-state index is -1.14. The van der Waals surface area contributed by atoms with Crippen LogP contribution in [0.3, 0.4) is 0 Å². The Morgan fingerprint density at radius 1 is 1.29 bits per heavy atom. The molecule has 1 aromatic carbocycles. The van der Waals surface area contributed by atoms with Crippen LogP contribution >= 0.6 is 0 Å². The zero-order valence-corrected chi connectivity index (χ0v) is 16.4. The fourth-order valence-corrected chi connectivity index (χ4v) is 4.70. The van der Waals surface area contributed by atoms with Crippen molar-refractivity contribution in [3.63, 3.8) is 0 Å². The fourth-order valence-electron chi connectivity index (χ4n) is 4.70. The van der Waals surface area contributed by atoms with Crippen molar-refractivity contribution in [2.75, 3.05) is 13.2 Å². The van der Waals surface area contributed by atoms with Gasteiger partial charge in [-0.1, -0.05) is 44.9 Å². The molecule has 2 fully saturated rings. The molecule has 0 radical (unpaired) electrons. The highest BCUT2D eigenvalue weighted by atomic mass is 16.5. The van der Waals surface area contributed by atoms with Crippen molar-refractivity contribution in [2.24, 2.45) is 11.8 Å². The maximum atomic E-state index is 13.2. The quantitative estimate of drug-likeness (QED) is 0.781. The first-order chi connectivity index (χ1) is 13.4. The summed E-state index contributed by atoms with van der Waals surface area (Å²) in [4.78, 5) is 39.4. The molecule has 7 heteroatoms. The average molecular weight is 385 g/mol. The molecule has 3 aliphatic rings. The van der Waals surface area contributed by atoms with Gasteiger partial charge in [0.2, 0.25) is 5.91 Å². The molecule has 2 aliphatic heterocycles. The largest absolute Gasteiger partial charge is 0.493 e. The van der Waals surface area contributed by atoms with Crippen molar-refractivity contribution in [1.82, 2.24) is 15.5 Å². The molecule has 1 spiro atoms. The summed E-state index contributed by atoms with van der Waals surface area (Å²) in [6.45, 7) is 4.43. The Labute approximate surface area is 164 Å². The molecule has 1 aliphatic carbocycles. The van der Waals surface area contributed by atoms with E-state index in [0.29, 0.717) is 36.2 Å². The van der Waals surface area contributed by atoms with Crippen molar-refractivity contribution >= 4 is 17.8 Å². The summed E-state index contributed by atoms with van der Waals surface area (Å²) >= 11 is 0. The van der Waals surface area contributed by atoms with Gasteiger partial charge in [-0.15, -0.1) is 0 Å². The van der Waals surface area contributed by atoms with Gasteiger partial charge < -0.3 is 15.4 Å². The highest BCUT2D eigenvalue weighted by Gasteiger charge is 2.55. The summed E-state index contributed by atoms with van der Waals surface area (Å²) in [7, 11) is 0. The Balaban J connectivity index is 1.49. The predicted molar refractivity (Wildman–Crippen MR) is 103 cm³/mol. The normalized spacial score (nSPS) is 31.9. The minimum absolute atomic E-state index is 0.0924. The molecular formula is C21H27N3O4. The van der Waals surface area contributed by atoms with Crippen molar-refractivity contribution in [3.8, 4) is 5.75 Å². The third-order valence-electron chi connectivity index (χ3n) is 6.61. The van der Waals surface area contributed by atoms with E-state index in [4.69, 9.17) is 4.74 Å². The van der Waals surface area contributed by atoms with E-state index in [1.807, 2.05) is 12.1 Å². The van der Waals surface area contributed by atoms with Gasteiger partial charge in [0.15, 0.2) is 5.54 Å². The summed E-state index contributed by atoms with van der Waals surface area (Å²) in [5, 5.41) is 5.87. The van der Waals surface area contributed by atoms with E-state index < -0.39 is 11.6 Å². The van der Waals surface area contributed by atoms with Crippen LogP contribution in [0.15, 0.2) is 24.3 Å². The van der Waals surface area contributed by atoms with Crippen LogP contribution in [0, 0.1) is 11.8 Å². The Morgan fingerprint density at radius 3 is 2.89 bits per heavy atom. The van der Waals surface area contributed by atoms with Gasteiger partial charge >= 0.3 is 6.03 Å². The summed E-state index contributed by atoms with van der Waals surface area (Å²) in [6.07, 6.45) is 3.54. The smallest absolute Gasteiger partial charge is 0.325 e. The fraction of sp³-hybridized carbons (Fsp3) is 0.571. The number of nitrogens with one attached hydrogen (secondary N) is 2. The lowest BCUT2D eigenvalue weighted by Gasteiger charge is -2.35. The van der Waals surface area contributed by atoms with E-state index in [9.17, 15) is 14.4 Å². The van der Waals surface area contributed by atoms with Crippen LogP contribution in [-0.2, 0) is 15.1 Å². The third-order valence-corrected chi connectivity index (χ3v) is 6.61. The number of urea groups is 1. The van der Waals surface area contributed by atoms with Gasteiger partial charge in [0, 0.05) is 18.0 Å². The molecule has 2 heterocycles. The number of amides is 4. The van der Waals surface area contributed by atoms with Gasteiger partial charge in [0.25, 0.3) is 5.91 Å². The summed E-state index contributed by atoms with van der Waals surface area (Å²) in [5.74, 6) is 0.867. The molecule has 7 nitrogen and oxygen atoms in total. The lowest BCUT2D eigenvalue weighted by Crippen LogP contribution is -2.50. The molecular weight excluding hydrogens is 358 g/mol. The lowest BCUT2D eigenvalue weighted by molar-refractivity contribution is -0.136. The SMILES string of the molecule is C[C@@H]1[C@@H](C)CCC[C@H]1NC(=O)CN1C(=O)N[C@@]2(CCOc3ccccc32)C1=O. The summed E-state index contributed by atoms with van der Waals surface area (Å²) in [6, 6.07) is 6.79. The molecule has 28 heavy (non-hydrogen) atoms. The van der Waals surface area contributed by atoms with E-state index in [0.717, 1.165) is 17.7 Å². The van der Waals surface area contributed by atoms with Gasteiger partial charge in [0.05, 0.1) is 6.61 Å². The van der Waals surface area contributed by atoms with Crippen molar-refractivity contribution in [2.45, 2.75) is 51.1 Å². The Bertz CT molecular complexity index is 811. The van der Waals surface area contributed by atoms with Gasteiger partial charge in [-0.3, -0.25) is 14.5 Å². The van der Waals surface area contributed by atoms with Gasteiger partial charge in [-0.25, -0.2) is 4.79 Å². The van der Waals surface area contributed by atoms with Crippen LogP contribution in [-0.4, -0.2) is 41.9 Å². The molecule has 0 aromatic heterocycles. The number of nitrogens with zero attached hydrogens (tertiary/aromatic N) is 1. The van der Waals surface area contributed by atoms with E-state index in [1.165, 1.54) is 6.42 Å². The Hall–Kier alpha value is -2.57. The van der Waals surface area contributed by atoms with E-state index >= 15 is 0 Å². The highest BCUT2D eigenvalue weighted by molar-refractivity contribution is 6.09.